The summed E-state index contributed by atoms with van der Waals surface area (Å²) < 4.78 is 6.48. The van der Waals surface area contributed by atoms with E-state index in [9.17, 15) is 4.79 Å². The summed E-state index contributed by atoms with van der Waals surface area (Å²) >= 11 is 1.70. The Bertz CT molecular complexity index is 886. The third kappa shape index (κ3) is 3.30. The number of nitrogens with one attached hydrogen (secondary N) is 1. The van der Waals surface area contributed by atoms with Gasteiger partial charge in [-0.3, -0.25) is 0 Å². The van der Waals surface area contributed by atoms with Crippen LogP contribution in [-0.4, -0.2) is 49.2 Å². The Kier molecular flexibility index (Phi) is 4.62. The fraction of sp³-hybridized carbons (Fsp3) is 0.263. The van der Waals surface area contributed by atoms with E-state index in [4.69, 9.17) is 9.72 Å². The second-order valence-corrected chi connectivity index (χ2v) is 7.08. The third-order valence-corrected chi connectivity index (χ3v) is 5.57. The molecule has 134 valence electrons. The molecule has 3 aromatic rings. The van der Waals surface area contributed by atoms with Gasteiger partial charge in [0.2, 0.25) is 0 Å². The first-order valence-electron chi connectivity index (χ1n) is 8.54. The van der Waals surface area contributed by atoms with E-state index >= 15 is 0 Å². The van der Waals surface area contributed by atoms with Crippen LogP contribution >= 0.6 is 11.3 Å². The van der Waals surface area contributed by atoms with Crippen LogP contribution in [0.4, 0.5) is 15.6 Å². The van der Waals surface area contributed by atoms with Crippen molar-refractivity contribution in [2.24, 2.45) is 0 Å². The summed E-state index contributed by atoms with van der Waals surface area (Å²) in [5.41, 5.74) is 1.72. The average molecular weight is 368 g/mol. The first kappa shape index (κ1) is 16.7. The molecular formula is C19H20N4O2S. The number of methoxy groups -OCH3 is 1. The van der Waals surface area contributed by atoms with E-state index < -0.39 is 0 Å². The van der Waals surface area contributed by atoms with E-state index in [2.05, 4.69) is 16.3 Å². The highest BCUT2D eigenvalue weighted by Crippen LogP contribution is 2.29. The van der Waals surface area contributed by atoms with Crippen molar-refractivity contribution in [1.82, 2.24) is 9.88 Å². The van der Waals surface area contributed by atoms with Gasteiger partial charge in [-0.25, -0.2) is 9.78 Å². The number of para-hydroxylation sites is 3. The van der Waals surface area contributed by atoms with Gasteiger partial charge < -0.3 is 19.9 Å². The zero-order valence-corrected chi connectivity index (χ0v) is 15.3. The van der Waals surface area contributed by atoms with Crippen LogP contribution in [0.25, 0.3) is 10.2 Å². The first-order valence-corrected chi connectivity index (χ1v) is 9.36. The molecule has 1 aliphatic rings. The number of rotatable bonds is 3. The van der Waals surface area contributed by atoms with E-state index in [-0.39, 0.29) is 6.03 Å². The van der Waals surface area contributed by atoms with Gasteiger partial charge >= 0.3 is 6.03 Å². The number of carbonyl (C=O) groups is 1. The Balaban J connectivity index is 1.39. The predicted molar refractivity (Wildman–Crippen MR) is 105 cm³/mol. The van der Waals surface area contributed by atoms with E-state index in [1.165, 1.54) is 4.70 Å². The van der Waals surface area contributed by atoms with Gasteiger partial charge in [0.05, 0.1) is 23.0 Å². The zero-order chi connectivity index (χ0) is 17.9. The number of ether oxygens (including phenoxy) is 1. The van der Waals surface area contributed by atoms with Crippen molar-refractivity contribution >= 4 is 38.4 Å². The molecule has 0 saturated carbocycles. The number of thiazole rings is 1. The summed E-state index contributed by atoms with van der Waals surface area (Å²) in [5.74, 6) is 0.661. The molecule has 1 N–H and O–H groups in total. The Labute approximate surface area is 156 Å². The number of benzene rings is 2. The Morgan fingerprint density at radius 1 is 1.08 bits per heavy atom. The second-order valence-electron chi connectivity index (χ2n) is 6.07. The highest BCUT2D eigenvalue weighted by molar-refractivity contribution is 7.22. The molecule has 0 spiro atoms. The maximum Gasteiger partial charge on any atom is 0.322 e. The summed E-state index contributed by atoms with van der Waals surface area (Å²) in [7, 11) is 1.60. The topological polar surface area (TPSA) is 57.7 Å². The minimum atomic E-state index is -0.0987. The molecule has 0 bridgehead atoms. The smallest absolute Gasteiger partial charge is 0.322 e. The standard InChI is InChI=1S/C19H20N4O2S/c1-25-16-8-4-2-6-14(16)20-18(24)22-10-12-23(13-11-22)19-21-15-7-3-5-9-17(15)26-19/h2-9H,10-13H2,1H3,(H,20,24). The summed E-state index contributed by atoms with van der Waals surface area (Å²) in [6, 6.07) is 15.5. The van der Waals surface area contributed by atoms with Crippen LogP contribution in [0.1, 0.15) is 0 Å². The molecule has 1 aromatic heterocycles. The molecule has 1 fully saturated rings. The summed E-state index contributed by atoms with van der Waals surface area (Å²) in [6.45, 7) is 2.88. The lowest BCUT2D eigenvalue weighted by Crippen LogP contribution is -2.50. The SMILES string of the molecule is COc1ccccc1NC(=O)N1CCN(c2nc3ccccc3s2)CC1. The van der Waals surface area contributed by atoms with Crippen molar-refractivity contribution in [3.8, 4) is 5.75 Å². The fourth-order valence-corrected chi connectivity index (χ4v) is 4.06. The van der Waals surface area contributed by atoms with Gasteiger partial charge in [-0.1, -0.05) is 35.6 Å². The van der Waals surface area contributed by atoms with E-state index in [0.717, 1.165) is 23.7 Å². The van der Waals surface area contributed by atoms with Crippen molar-refractivity contribution < 1.29 is 9.53 Å². The number of urea groups is 1. The Morgan fingerprint density at radius 3 is 2.58 bits per heavy atom. The molecule has 1 saturated heterocycles. The maximum atomic E-state index is 12.5. The quantitative estimate of drug-likeness (QED) is 0.767. The molecule has 2 amide bonds. The molecule has 0 unspecified atom stereocenters. The highest BCUT2D eigenvalue weighted by Gasteiger charge is 2.23. The van der Waals surface area contributed by atoms with E-state index in [1.54, 1.807) is 18.4 Å². The monoisotopic (exact) mass is 368 g/mol. The van der Waals surface area contributed by atoms with Crippen LogP contribution in [0.5, 0.6) is 5.75 Å². The van der Waals surface area contributed by atoms with Crippen LogP contribution in [0.3, 0.4) is 0 Å². The zero-order valence-electron chi connectivity index (χ0n) is 14.5. The molecule has 7 heteroatoms. The van der Waals surface area contributed by atoms with Crippen LogP contribution in [0, 0.1) is 0 Å². The van der Waals surface area contributed by atoms with Crippen LogP contribution in [0.15, 0.2) is 48.5 Å². The number of nitrogens with zero attached hydrogens (tertiary/aromatic N) is 3. The lowest BCUT2D eigenvalue weighted by molar-refractivity contribution is 0.208. The van der Waals surface area contributed by atoms with Crippen molar-refractivity contribution in [1.29, 1.82) is 0 Å². The number of amides is 2. The van der Waals surface area contributed by atoms with Gasteiger partial charge in [0.15, 0.2) is 5.13 Å². The third-order valence-electron chi connectivity index (χ3n) is 4.47. The number of carbonyl (C=O) groups excluding carboxylic acids is 1. The molecule has 6 nitrogen and oxygen atoms in total. The normalized spacial score (nSPS) is 14.5. The fourth-order valence-electron chi connectivity index (χ4n) is 3.04. The largest absolute Gasteiger partial charge is 0.495 e. The molecule has 2 heterocycles. The summed E-state index contributed by atoms with van der Waals surface area (Å²) in [5, 5.41) is 3.96. The van der Waals surface area contributed by atoms with Gasteiger partial charge in [-0.15, -0.1) is 0 Å². The van der Waals surface area contributed by atoms with Crippen molar-refractivity contribution in [2.45, 2.75) is 0 Å². The second kappa shape index (κ2) is 7.21. The van der Waals surface area contributed by atoms with Crippen molar-refractivity contribution in [3.05, 3.63) is 48.5 Å². The lowest BCUT2D eigenvalue weighted by atomic mass is 10.3. The Morgan fingerprint density at radius 2 is 1.81 bits per heavy atom. The number of aromatic nitrogens is 1. The average Bonchev–Trinajstić information content (AvgIpc) is 3.13. The summed E-state index contributed by atoms with van der Waals surface area (Å²) in [4.78, 5) is 21.3. The van der Waals surface area contributed by atoms with Crippen LogP contribution < -0.4 is 15.0 Å². The molecule has 26 heavy (non-hydrogen) atoms. The molecule has 0 aliphatic carbocycles. The minimum Gasteiger partial charge on any atom is -0.495 e. The number of hydrogen-bond acceptors (Lipinski definition) is 5. The molecule has 0 radical (unpaired) electrons. The molecular weight excluding hydrogens is 348 g/mol. The van der Waals surface area contributed by atoms with Gasteiger partial charge in [0.1, 0.15) is 5.75 Å². The van der Waals surface area contributed by atoms with Gasteiger partial charge in [-0.2, -0.15) is 0 Å². The summed E-state index contributed by atoms with van der Waals surface area (Å²) in [6.07, 6.45) is 0. The Hall–Kier alpha value is -2.80. The number of fused-ring (bicyclic) bond motifs is 1. The van der Waals surface area contributed by atoms with Crippen LogP contribution in [-0.2, 0) is 0 Å². The first-order chi connectivity index (χ1) is 12.7. The molecule has 4 rings (SSSR count). The van der Waals surface area contributed by atoms with E-state index in [0.29, 0.717) is 24.5 Å². The van der Waals surface area contributed by atoms with E-state index in [1.807, 2.05) is 47.4 Å². The molecule has 1 aliphatic heterocycles. The number of hydrogen-bond donors (Lipinski definition) is 1. The maximum absolute atomic E-state index is 12.5. The molecule has 0 atom stereocenters. The molecule has 2 aromatic carbocycles. The van der Waals surface area contributed by atoms with Crippen molar-refractivity contribution in [3.63, 3.8) is 0 Å². The van der Waals surface area contributed by atoms with Gasteiger partial charge in [0, 0.05) is 26.2 Å². The van der Waals surface area contributed by atoms with Gasteiger partial charge in [0.25, 0.3) is 0 Å². The lowest BCUT2D eigenvalue weighted by Gasteiger charge is -2.34. The van der Waals surface area contributed by atoms with Gasteiger partial charge in [-0.05, 0) is 24.3 Å². The predicted octanol–water partition coefficient (Wildman–Crippen LogP) is 3.66. The highest BCUT2D eigenvalue weighted by atomic mass is 32.1. The minimum absolute atomic E-state index is 0.0987. The number of piperazine rings is 1. The van der Waals surface area contributed by atoms with Crippen LogP contribution in [0.2, 0.25) is 0 Å². The number of anilines is 2. The van der Waals surface area contributed by atoms with Crippen molar-refractivity contribution in [2.75, 3.05) is 43.5 Å².